The summed E-state index contributed by atoms with van der Waals surface area (Å²) in [6.07, 6.45) is 1.84. The van der Waals surface area contributed by atoms with E-state index in [0.717, 1.165) is 29.9 Å². The highest BCUT2D eigenvalue weighted by Crippen LogP contribution is 2.36. The minimum Gasteiger partial charge on any atom is -0.497 e. The third kappa shape index (κ3) is 3.26. The average Bonchev–Trinajstić information content (AvgIpc) is 3.21. The monoisotopic (exact) mass is 345 g/mol. The Labute approximate surface area is 146 Å². The van der Waals surface area contributed by atoms with Gasteiger partial charge in [-0.2, -0.15) is 0 Å². The zero-order chi connectivity index (χ0) is 18.0. The standard InChI is InChI=1S/C18H23N3O4/c1-11-17(12(2)25-20-11)15-6-5-9-21(15)18(22)19-14-10-13(23-3)7-8-16(14)24-4/h7-8,10,15H,5-6,9H2,1-4H3,(H,19,22). The van der Waals surface area contributed by atoms with Gasteiger partial charge in [-0.1, -0.05) is 5.16 Å². The van der Waals surface area contributed by atoms with Crippen LogP contribution in [0, 0.1) is 13.8 Å². The van der Waals surface area contributed by atoms with Gasteiger partial charge in [0, 0.05) is 18.2 Å². The van der Waals surface area contributed by atoms with Gasteiger partial charge in [0.25, 0.3) is 0 Å². The molecule has 0 bridgehead atoms. The second-order valence-electron chi connectivity index (χ2n) is 6.09. The van der Waals surface area contributed by atoms with Crippen LogP contribution in [0.4, 0.5) is 10.5 Å². The van der Waals surface area contributed by atoms with Gasteiger partial charge in [-0.25, -0.2) is 4.79 Å². The Morgan fingerprint density at radius 3 is 2.76 bits per heavy atom. The number of ether oxygens (including phenoxy) is 2. The van der Waals surface area contributed by atoms with Gasteiger partial charge in [0.05, 0.1) is 31.6 Å². The predicted molar refractivity (Wildman–Crippen MR) is 93.2 cm³/mol. The van der Waals surface area contributed by atoms with Crippen LogP contribution < -0.4 is 14.8 Å². The van der Waals surface area contributed by atoms with E-state index in [-0.39, 0.29) is 12.1 Å². The van der Waals surface area contributed by atoms with E-state index in [9.17, 15) is 4.79 Å². The minimum atomic E-state index is -0.172. The number of methoxy groups -OCH3 is 2. The number of aryl methyl sites for hydroxylation is 2. The average molecular weight is 345 g/mol. The Balaban J connectivity index is 1.83. The molecule has 1 saturated heterocycles. The molecule has 2 aromatic rings. The zero-order valence-corrected chi connectivity index (χ0v) is 15.0. The third-order valence-corrected chi connectivity index (χ3v) is 4.58. The molecular formula is C18H23N3O4. The number of carbonyl (C=O) groups excluding carboxylic acids is 1. The topological polar surface area (TPSA) is 76.8 Å². The van der Waals surface area contributed by atoms with Gasteiger partial charge in [-0.05, 0) is 38.8 Å². The van der Waals surface area contributed by atoms with E-state index in [1.165, 1.54) is 0 Å². The summed E-state index contributed by atoms with van der Waals surface area (Å²) in [6.45, 7) is 4.48. The van der Waals surface area contributed by atoms with Crippen LogP contribution in [0.2, 0.25) is 0 Å². The van der Waals surface area contributed by atoms with Gasteiger partial charge < -0.3 is 24.2 Å². The highest BCUT2D eigenvalue weighted by Gasteiger charge is 2.34. The van der Waals surface area contributed by atoms with Gasteiger partial charge in [0.15, 0.2) is 0 Å². The number of hydrogen-bond acceptors (Lipinski definition) is 5. The van der Waals surface area contributed by atoms with Crippen molar-refractivity contribution in [3.05, 3.63) is 35.2 Å². The number of benzene rings is 1. The maximum Gasteiger partial charge on any atom is 0.322 e. The molecule has 2 amide bonds. The fourth-order valence-electron chi connectivity index (χ4n) is 3.37. The molecule has 0 aliphatic carbocycles. The maximum absolute atomic E-state index is 12.9. The van der Waals surface area contributed by atoms with E-state index in [1.807, 2.05) is 18.7 Å². The zero-order valence-electron chi connectivity index (χ0n) is 15.0. The van der Waals surface area contributed by atoms with Crippen LogP contribution in [0.1, 0.15) is 35.9 Å². The van der Waals surface area contributed by atoms with Crippen molar-refractivity contribution in [3.8, 4) is 11.5 Å². The van der Waals surface area contributed by atoms with E-state index < -0.39 is 0 Å². The van der Waals surface area contributed by atoms with Crippen LogP contribution in [0.3, 0.4) is 0 Å². The molecule has 25 heavy (non-hydrogen) atoms. The van der Waals surface area contributed by atoms with Crippen molar-refractivity contribution in [2.45, 2.75) is 32.7 Å². The van der Waals surface area contributed by atoms with E-state index in [2.05, 4.69) is 10.5 Å². The quantitative estimate of drug-likeness (QED) is 0.915. The Kier molecular flexibility index (Phi) is 4.83. The Bertz CT molecular complexity index is 752. The minimum absolute atomic E-state index is 0.0251. The molecular weight excluding hydrogens is 322 g/mol. The van der Waals surface area contributed by atoms with Gasteiger partial charge in [-0.3, -0.25) is 0 Å². The molecule has 7 heteroatoms. The van der Waals surface area contributed by atoms with Crippen LogP contribution in [0.15, 0.2) is 22.7 Å². The van der Waals surface area contributed by atoms with Crippen molar-refractivity contribution in [2.24, 2.45) is 0 Å². The largest absolute Gasteiger partial charge is 0.497 e. The van der Waals surface area contributed by atoms with Gasteiger partial charge in [0.1, 0.15) is 17.3 Å². The number of nitrogens with zero attached hydrogens (tertiary/aromatic N) is 2. The van der Waals surface area contributed by atoms with E-state index >= 15 is 0 Å². The second kappa shape index (κ2) is 7.04. The third-order valence-electron chi connectivity index (χ3n) is 4.58. The normalized spacial score (nSPS) is 16.8. The van der Waals surface area contributed by atoms with Crippen molar-refractivity contribution in [1.82, 2.24) is 10.1 Å². The number of rotatable bonds is 4. The number of amides is 2. The predicted octanol–water partition coefficient (Wildman–Crippen LogP) is 3.68. The molecule has 1 atom stereocenters. The Morgan fingerprint density at radius 2 is 2.12 bits per heavy atom. The smallest absolute Gasteiger partial charge is 0.322 e. The van der Waals surface area contributed by atoms with Gasteiger partial charge in [0.2, 0.25) is 0 Å². The lowest BCUT2D eigenvalue weighted by atomic mass is 10.0. The lowest BCUT2D eigenvalue weighted by Crippen LogP contribution is -2.34. The van der Waals surface area contributed by atoms with Gasteiger partial charge >= 0.3 is 6.03 Å². The molecule has 134 valence electrons. The summed E-state index contributed by atoms with van der Waals surface area (Å²) in [7, 11) is 3.15. The fraction of sp³-hybridized carbons (Fsp3) is 0.444. The first-order chi connectivity index (χ1) is 12.0. The summed E-state index contributed by atoms with van der Waals surface area (Å²) in [5.41, 5.74) is 2.42. The van der Waals surface area contributed by atoms with Crippen LogP contribution >= 0.6 is 0 Å². The van der Waals surface area contributed by atoms with Crippen molar-refractivity contribution >= 4 is 11.7 Å². The summed E-state index contributed by atoms with van der Waals surface area (Å²) in [5, 5.41) is 6.96. The van der Waals surface area contributed by atoms with Crippen LogP contribution in [0.5, 0.6) is 11.5 Å². The molecule has 1 N–H and O–H groups in total. The molecule has 1 aromatic heterocycles. The highest BCUT2D eigenvalue weighted by atomic mass is 16.5. The summed E-state index contributed by atoms with van der Waals surface area (Å²) >= 11 is 0. The number of nitrogens with one attached hydrogen (secondary N) is 1. The van der Waals surface area contributed by atoms with E-state index in [1.54, 1.807) is 32.4 Å². The Morgan fingerprint density at radius 1 is 1.32 bits per heavy atom. The number of likely N-dealkylation sites (tertiary alicyclic amines) is 1. The summed E-state index contributed by atoms with van der Waals surface area (Å²) in [6, 6.07) is 5.11. The molecule has 0 radical (unpaired) electrons. The number of hydrogen-bond donors (Lipinski definition) is 1. The van der Waals surface area contributed by atoms with Crippen LogP contribution in [-0.2, 0) is 0 Å². The first-order valence-corrected chi connectivity index (χ1v) is 8.27. The molecule has 2 heterocycles. The number of anilines is 1. The highest BCUT2D eigenvalue weighted by molar-refractivity contribution is 5.91. The van der Waals surface area contributed by atoms with E-state index in [0.29, 0.717) is 23.7 Å². The number of urea groups is 1. The lowest BCUT2D eigenvalue weighted by Gasteiger charge is -2.25. The van der Waals surface area contributed by atoms with Crippen LogP contribution in [0.25, 0.3) is 0 Å². The van der Waals surface area contributed by atoms with E-state index in [4.69, 9.17) is 14.0 Å². The summed E-state index contributed by atoms with van der Waals surface area (Å²) < 4.78 is 15.8. The second-order valence-corrected chi connectivity index (χ2v) is 6.09. The molecule has 1 aliphatic heterocycles. The van der Waals surface area contributed by atoms with Crippen LogP contribution in [-0.4, -0.2) is 36.9 Å². The molecule has 3 rings (SSSR count). The molecule has 0 saturated carbocycles. The molecule has 1 aromatic carbocycles. The summed E-state index contributed by atoms with van der Waals surface area (Å²) in [4.78, 5) is 14.7. The van der Waals surface area contributed by atoms with Crippen molar-refractivity contribution in [1.29, 1.82) is 0 Å². The first kappa shape index (κ1) is 17.1. The molecule has 1 unspecified atom stereocenters. The van der Waals surface area contributed by atoms with Gasteiger partial charge in [-0.15, -0.1) is 0 Å². The molecule has 1 aliphatic rings. The SMILES string of the molecule is COc1ccc(OC)c(NC(=O)N2CCCC2c2c(C)noc2C)c1. The van der Waals surface area contributed by atoms with Crippen molar-refractivity contribution in [2.75, 3.05) is 26.1 Å². The molecule has 0 spiro atoms. The van der Waals surface area contributed by atoms with Crippen molar-refractivity contribution < 1.29 is 18.8 Å². The Hall–Kier alpha value is -2.70. The van der Waals surface area contributed by atoms with Crippen molar-refractivity contribution in [3.63, 3.8) is 0 Å². The first-order valence-electron chi connectivity index (χ1n) is 8.27. The number of carbonyl (C=O) groups is 1. The maximum atomic E-state index is 12.9. The lowest BCUT2D eigenvalue weighted by molar-refractivity contribution is 0.206. The summed E-state index contributed by atoms with van der Waals surface area (Å²) in [5.74, 6) is 2.00. The molecule has 1 fully saturated rings. The number of aromatic nitrogens is 1. The fourth-order valence-corrected chi connectivity index (χ4v) is 3.37. The molecule has 7 nitrogen and oxygen atoms in total.